The number of nitrogens with one attached hydrogen (secondary N) is 2. The third-order valence-corrected chi connectivity index (χ3v) is 5.54. The van der Waals surface area contributed by atoms with Crippen molar-refractivity contribution in [2.75, 3.05) is 17.2 Å². The minimum absolute atomic E-state index is 0.166. The topological polar surface area (TPSA) is 98.1 Å². The highest BCUT2D eigenvalue weighted by Crippen LogP contribution is 2.36. The van der Waals surface area contributed by atoms with Crippen LogP contribution in [0, 0.1) is 6.92 Å². The Labute approximate surface area is 185 Å². The van der Waals surface area contributed by atoms with Crippen molar-refractivity contribution in [3.63, 3.8) is 0 Å². The molecule has 0 unspecified atom stereocenters. The molecule has 1 aliphatic rings. The fourth-order valence-corrected chi connectivity index (χ4v) is 3.73. The van der Waals surface area contributed by atoms with Crippen LogP contribution in [0.25, 0.3) is 0 Å². The molecule has 8 nitrogen and oxygen atoms in total. The van der Waals surface area contributed by atoms with Crippen molar-refractivity contribution in [1.82, 2.24) is 14.8 Å². The van der Waals surface area contributed by atoms with E-state index >= 15 is 0 Å². The smallest absolute Gasteiger partial charge is 0.262 e. The zero-order valence-corrected chi connectivity index (χ0v) is 18.2. The molecule has 2 N–H and O–H groups in total. The van der Waals surface area contributed by atoms with Gasteiger partial charge in [-0.2, -0.15) is 10.1 Å². The van der Waals surface area contributed by atoms with Gasteiger partial charge in [-0.3, -0.25) is 14.9 Å². The number of hydrogen-bond donors (Lipinski definition) is 2. The Hall–Kier alpha value is -2.91. The van der Waals surface area contributed by atoms with E-state index in [4.69, 9.17) is 16.3 Å². The summed E-state index contributed by atoms with van der Waals surface area (Å²) in [6.07, 6.45) is 1.56. The number of carbonyl (C=O) groups excluding carboxylic acids is 2. The third-order valence-electron chi connectivity index (χ3n) is 4.64. The van der Waals surface area contributed by atoms with Gasteiger partial charge in [-0.1, -0.05) is 33.6 Å². The minimum atomic E-state index is -0.400. The summed E-state index contributed by atoms with van der Waals surface area (Å²) >= 11 is 9.55. The summed E-state index contributed by atoms with van der Waals surface area (Å²) in [6, 6.07) is 10.3. The fraction of sp³-hybridized carbons (Fsp3) is 0.200. The number of halogens is 2. The largest absolute Gasteiger partial charge is 0.483 e. The van der Waals surface area contributed by atoms with Crippen LogP contribution >= 0.6 is 27.5 Å². The fourth-order valence-electron chi connectivity index (χ4n) is 3.17. The van der Waals surface area contributed by atoms with Gasteiger partial charge in [-0.15, -0.1) is 0 Å². The van der Waals surface area contributed by atoms with Gasteiger partial charge in [0.1, 0.15) is 12.1 Å². The van der Waals surface area contributed by atoms with E-state index in [0.717, 1.165) is 15.6 Å². The summed E-state index contributed by atoms with van der Waals surface area (Å²) in [7, 11) is 0. The lowest BCUT2D eigenvalue weighted by atomic mass is 10.0. The van der Waals surface area contributed by atoms with Crippen molar-refractivity contribution in [2.24, 2.45) is 0 Å². The molecule has 3 aromatic rings. The van der Waals surface area contributed by atoms with Gasteiger partial charge < -0.3 is 10.1 Å². The summed E-state index contributed by atoms with van der Waals surface area (Å²) in [5.74, 6) is 0.361. The van der Waals surface area contributed by atoms with Crippen LogP contribution in [-0.2, 0) is 9.59 Å². The van der Waals surface area contributed by atoms with E-state index in [-0.39, 0.29) is 24.8 Å². The number of benzene rings is 2. The molecule has 30 heavy (non-hydrogen) atoms. The van der Waals surface area contributed by atoms with Crippen molar-refractivity contribution in [3.05, 3.63) is 63.3 Å². The lowest BCUT2D eigenvalue weighted by Gasteiger charge is -2.25. The Bertz CT molecular complexity index is 1130. The molecule has 0 fully saturated rings. The number of nitrogens with zero attached hydrogens (tertiary/aromatic N) is 3. The second-order valence-electron chi connectivity index (χ2n) is 6.78. The van der Waals surface area contributed by atoms with E-state index in [0.29, 0.717) is 22.4 Å². The summed E-state index contributed by atoms with van der Waals surface area (Å²) in [5.41, 5.74) is 2.23. The summed E-state index contributed by atoms with van der Waals surface area (Å²) in [5, 5.41) is 10.2. The van der Waals surface area contributed by atoms with E-state index < -0.39 is 6.04 Å². The van der Waals surface area contributed by atoms with E-state index in [1.54, 1.807) is 22.9 Å². The van der Waals surface area contributed by atoms with Gasteiger partial charge in [0.15, 0.2) is 6.61 Å². The Morgan fingerprint density at radius 3 is 3.00 bits per heavy atom. The molecule has 2 aromatic carbocycles. The van der Waals surface area contributed by atoms with Crippen molar-refractivity contribution in [2.45, 2.75) is 19.4 Å². The summed E-state index contributed by atoms with van der Waals surface area (Å²) in [6.45, 7) is 1.68. The van der Waals surface area contributed by atoms with Crippen molar-refractivity contribution in [3.8, 4) is 5.75 Å². The molecule has 0 bridgehead atoms. The van der Waals surface area contributed by atoms with Crippen LogP contribution in [0.5, 0.6) is 5.75 Å². The van der Waals surface area contributed by atoms with Crippen LogP contribution in [0.15, 0.2) is 47.2 Å². The maximum Gasteiger partial charge on any atom is 0.262 e. The maximum absolute atomic E-state index is 12.4. The number of carbonyl (C=O) groups is 2. The molecule has 10 heteroatoms. The maximum atomic E-state index is 12.4. The van der Waals surface area contributed by atoms with Gasteiger partial charge in [-0.05, 0) is 42.8 Å². The standard InChI is InChI=1S/C20H17BrClN5O3/c1-11-2-4-13(7-15(11)22)25-19(29)9-30-17-5-3-12(21)6-14(17)16-8-18(28)26-20-23-10-24-27(16)20/h2-7,10,16H,8-9H2,1H3,(H,25,29)(H,23,24,26,28)/t16-/m1/s1. The first-order chi connectivity index (χ1) is 14.4. The Balaban J connectivity index is 1.52. The summed E-state index contributed by atoms with van der Waals surface area (Å²) in [4.78, 5) is 28.5. The monoisotopic (exact) mass is 489 g/mol. The van der Waals surface area contributed by atoms with Gasteiger partial charge in [-0.25, -0.2) is 4.68 Å². The van der Waals surface area contributed by atoms with Gasteiger partial charge in [0.25, 0.3) is 5.91 Å². The predicted octanol–water partition coefficient (Wildman–Crippen LogP) is 3.95. The second kappa shape index (κ2) is 8.45. The molecule has 2 heterocycles. The number of fused-ring (bicyclic) bond motifs is 1. The van der Waals surface area contributed by atoms with Gasteiger partial charge in [0.05, 0.1) is 12.5 Å². The first-order valence-electron chi connectivity index (χ1n) is 9.08. The molecule has 4 rings (SSSR count). The van der Waals surface area contributed by atoms with Crippen LogP contribution in [0.2, 0.25) is 5.02 Å². The van der Waals surface area contributed by atoms with Crippen LogP contribution in [0.3, 0.4) is 0 Å². The van der Waals surface area contributed by atoms with Gasteiger partial charge in [0.2, 0.25) is 11.9 Å². The Morgan fingerprint density at radius 2 is 2.20 bits per heavy atom. The SMILES string of the molecule is Cc1ccc(NC(=O)COc2ccc(Br)cc2[C@H]2CC(=O)Nc3ncnn32)cc1Cl. The number of aryl methyl sites for hydroxylation is 1. The van der Waals surface area contributed by atoms with Crippen molar-refractivity contribution >= 4 is 51.0 Å². The number of hydrogen-bond acceptors (Lipinski definition) is 5. The highest BCUT2D eigenvalue weighted by Gasteiger charge is 2.30. The van der Waals surface area contributed by atoms with Crippen LogP contribution in [0.1, 0.15) is 23.6 Å². The number of ether oxygens (including phenoxy) is 1. The molecule has 0 aliphatic carbocycles. The molecule has 0 saturated carbocycles. The Kier molecular flexibility index (Phi) is 5.74. The quantitative estimate of drug-likeness (QED) is 0.564. The summed E-state index contributed by atoms with van der Waals surface area (Å²) < 4.78 is 8.25. The lowest BCUT2D eigenvalue weighted by Crippen LogP contribution is -2.30. The van der Waals surface area contributed by atoms with E-state index in [1.807, 2.05) is 25.1 Å². The van der Waals surface area contributed by atoms with Crippen LogP contribution < -0.4 is 15.4 Å². The molecule has 0 saturated heterocycles. The first-order valence-corrected chi connectivity index (χ1v) is 10.3. The average molecular weight is 491 g/mol. The highest BCUT2D eigenvalue weighted by molar-refractivity contribution is 9.10. The number of amides is 2. The molecule has 0 radical (unpaired) electrons. The Morgan fingerprint density at radius 1 is 1.37 bits per heavy atom. The molecule has 1 aromatic heterocycles. The zero-order chi connectivity index (χ0) is 21.3. The molecule has 1 aliphatic heterocycles. The second-order valence-corrected chi connectivity index (χ2v) is 8.10. The first kappa shape index (κ1) is 20.4. The van der Waals surface area contributed by atoms with Gasteiger partial charge >= 0.3 is 0 Å². The van der Waals surface area contributed by atoms with E-state index in [9.17, 15) is 9.59 Å². The van der Waals surface area contributed by atoms with Crippen LogP contribution in [-0.4, -0.2) is 33.2 Å². The van der Waals surface area contributed by atoms with E-state index in [2.05, 4.69) is 36.6 Å². The van der Waals surface area contributed by atoms with E-state index in [1.165, 1.54) is 6.33 Å². The number of rotatable bonds is 5. The van der Waals surface area contributed by atoms with Crippen molar-refractivity contribution < 1.29 is 14.3 Å². The minimum Gasteiger partial charge on any atom is -0.483 e. The molecule has 154 valence electrons. The third kappa shape index (κ3) is 4.31. The lowest BCUT2D eigenvalue weighted by molar-refractivity contribution is -0.118. The zero-order valence-electron chi connectivity index (χ0n) is 15.9. The molecular weight excluding hydrogens is 474 g/mol. The average Bonchev–Trinajstić information content (AvgIpc) is 3.17. The highest BCUT2D eigenvalue weighted by atomic mass is 79.9. The molecule has 0 spiro atoms. The number of aromatic nitrogens is 3. The van der Waals surface area contributed by atoms with Gasteiger partial charge in [0, 0.05) is 20.7 Å². The molecule has 1 atom stereocenters. The predicted molar refractivity (Wildman–Crippen MR) is 116 cm³/mol. The molecular formula is C20H17BrClN5O3. The van der Waals surface area contributed by atoms with Crippen LogP contribution in [0.4, 0.5) is 11.6 Å². The molecule has 2 amide bonds. The number of anilines is 2. The van der Waals surface area contributed by atoms with Crippen molar-refractivity contribution in [1.29, 1.82) is 0 Å². The normalized spacial score (nSPS) is 15.3.